The molecule has 1 aromatic carbocycles. The maximum Gasteiger partial charge on any atom is 0.258 e. The number of hydrogen-bond acceptors (Lipinski definition) is 3. The normalized spacial score (nSPS) is 12.2. The van der Waals surface area contributed by atoms with Gasteiger partial charge >= 0.3 is 0 Å². The molecule has 0 aliphatic carbocycles. The average Bonchev–Trinajstić information content (AvgIpc) is 2.42. The first-order valence-corrected chi connectivity index (χ1v) is 7.28. The summed E-state index contributed by atoms with van der Waals surface area (Å²) in [5.74, 6) is 0.633. The van der Waals surface area contributed by atoms with Gasteiger partial charge in [0, 0.05) is 12.1 Å². The molecular formula is C16H26N2O2. The number of rotatable bonds is 8. The molecular weight excluding hydrogens is 252 g/mol. The Hall–Kier alpha value is -1.55. The van der Waals surface area contributed by atoms with Crippen LogP contribution in [0.4, 0.5) is 0 Å². The van der Waals surface area contributed by atoms with Crippen molar-refractivity contribution in [3.63, 3.8) is 0 Å². The van der Waals surface area contributed by atoms with Gasteiger partial charge in [-0.1, -0.05) is 19.1 Å². The van der Waals surface area contributed by atoms with Gasteiger partial charge in [-0.05, 0) is 51.4 Å². The molecule has 0 aliphatic heterocycles. The molecule has 0 spiro atoms. The van der Waals surface area contributed by atoms with Crippen molar-refractivity contribution in [2.24, 2.45) is 0 Å². The van der Waals surface area contributed by atoms with E-state index in [1.54, 1.807) is 0 Å². The Morgan fingerprint density at radius 1 is 1.30 bits per heavy atom. The molecule has 0 saturated heterocycles. The molecule has 2 N–H and O–H groups in total. The lowest BCUT2D eigenvalue weighted by atomic mass is 10.1. The van der Waals surface area contributed by atoms with Crippen LogP contribution in [0.5, 0.6) is 5.75 Å². The Kier molecular flexibility index (Phi) is 7.09. The second-order valence-electron chi connectivity index (χ2n) is 5.26. The van der Waals surface area contributed by atoms with Crippen LogP contribution < -0.4 is 15.4 Å². The summed E-state index contributed by atoms with van der Waals surface area (Å²) in [7, 11) is 0. The van der Waals surface area contributed by atoms with E-state index in [-0.39, 0.29) is 24.6 Å². The molecule has 0 aromatic heterocycles. The van der Waals surface area contributed by atoms with Gasteiger partial charge < -0.3 is 15.4 Å². The highest BCUT2D eigenvalue weighted by atomic mass is 16.5. The van der Waals surface area contributed by atoms with Crippen LogP contribution in [-0.4, -0.2) is 25.1 Å². The third kappa shape index (κ3) is 6.06. The molecule has 1 atom stereocenters. The van der Waals surface area contributed by atoms with Crippen molar-refractivity contribution in [1.82, 2.24) is 10.6 Å². The maximum atomic E-state index is 11.5. The lowest BCUT2D eigenvalue weighted by molar-refractivity contribution is -0.123. The van der Waals surface area contributed by atoms with Crippen LogP contribution in [0.25, 0.3) is 0 Å². The summed E-state index contributed by atoms with van der Waals surface area (Å²) in [6, 6.07) is 8.29. The minimum absolute atomic E-state index is 0.0540. The molecule has 0 bridgehead atoms. The molecule has 0 aliphatic rings. The van der Waals surface area contributed by atoms with E-state index in [4.69, 9.17) is 4.74 Å². The summed E-state index contributed by atoms with van der Waals surface area (Å²) in [4.78, 5) is 11.5. The third-order valence-corrected chi connectivity index (χ3v) is 2.88. The van der Waals surface area contributed by atoms with Crippen molar-refractivity contribution in [2.75, 3.05) is 13.2 Å². The largest absolute Gasteiger partial charge is 0.484 e. The minimum atomic E-state index is -0.0949. The van der Waals surface area contributed by atoms with Gasteiger partial charge in [0.2, 0.25) is 0 Å². The number of carbonyl (C=O) groups excluding carboxylic acids is 1. The summed E-state index contributed by atoms with van der Waals surface area (Å²) in [5, 5.41) is 6.23. The van der Waals surface area contributed by atoms with Gasteiger partial charge in [-0.15, -0.1) is 0 Å². The van der Waals surface area contributed by atoms with Crippen molar-refractivity contribution in [3.8, 4) is 5.75 Å². The first-order valence-electron chi connectivity index (χ1n) is 7.28. The first-order chi connectivity index (χ1) is 9.52. The van der Waals surface area contributed by atoms with E-state index in [2.05, 4.69) is 30.5 Å². The van der Waals surface area contributed by atoms with Gasteiger partial charge in [-0.25, -0.2) is 0 Å². The van der Waals surface area contributed by atoms with Crippen molar-refractivity contribution in [2.45, 2.75) is 46.2 Å². The number of amides is 1. The van der Waals surface area contributed by atoms with E-state index in [9.17, 15) is 4.79 Å². The van der Waals surface area contributed by atoms with E-state index in [0.717, 1.165) is 18.7 Å². The van der Waals surface area contributed by atoms with Crippen LogP contribution in [0.15, 0.2) is 24.3 Å². The van der Waals surface area contributed by atoms with Crippen LogP contribution in [-0.2, 0) is 4.79 Å². The molecule has 20 heavy (non-hydrogen) atoms. The van der Waals surface area contributed by atoms with Crippen molar-refractivity contribution >= 4 is 5.91 Å². The molecule has 0 fully saturated rings. The SMILES string of the molecule is CCCNC(C)c1cccc(OCC(=O)NC(C)C)c1. The Bertz CT molecular complexity index is 419. The maximum absolute atomic E-state index is 11.5. The minimum Gasteiger partial charge on any atom is -0.484 e. The van der Waals surface area contributed by atoms with Gasteiger partial charge in [0.25, 0.3) is 5.91 Å². The molecule has 4 heteroatoms. The van der Waals surface area contributed by atoms with Gasteiger partial charge in [-0.3, -0.25) is 4.79 Å². The average molecular weight is 278 g/mol. The number of ether oxygens (including phenoxy) is 1. The first kappa shape index (κ1) is 16.5. The highest BCUT2D eigenvalue weighted by Gasteiger charge is 2.07. The van der Waals surface area contributed by atoms with Gasteiger partial charge in [-0.2, -0.15) is 0 Å². The summed E-state index contributed by atoms with van der Waals surface area (Å²) < 4.78 is 5.52. The summed E-state index contributed by atoms with van der Waals surface area (Å²) >= 11 is 0. The molecule has 1 rings (SSSR count). The quantitative estimate of drug-likeness (QED) is 0.768. The van der Waals surface area contributed by atoms with E-state index < -0.39 is 0 Å². The predicted molar refractivity (Wildman–Crippen MR) is 81.9 cm³/mol. The van der Waals surface area contributed by atoms with Gasteiger partial charge in [0.15, 0.2) is 6.61 Å². The fraction of sp³-hybridized carbons (Fsp3) is 0.562. The molecule has 4 nitrogen and oxygen atoms in total. The standard InChI is InChI=1S/C16H26N2O2/c1-5-9-17-13(4)14-7-6-8-15(10-14)20-11-16(19)18-12(2)3/h6-8,10,12-13,17H,5,9,11H2,1-4H3,(H,18,19). The van der Waals surface area contributed by atoms with E-state index in [0.29, 0.717) is 0 Å². The molecule has 0 heterocycles. The van der Waals surface area contributed by atoms with Gasteiger partial charge in [0.1, 0.15) is 5.75 Å². The van der Waals surface area contributed by atoms with Crippen LogP contribution in [0.1, 0.15) is 45.7 Å². The summed E-state index contributed by atoms with van der Waals surface area (Å²) in [6.45, 7) is 9.17. The van der Waals surface area contributed by atoms with E-state index in [1.165, 1.54) is 5.56 Å². The highest BCUT2D eigenvalue weighted by molar-refractivity contribution is 5.77. The number of hydrogen-bond donors (Lipinski definition) is 2. The monoisotopic (exact) mass is 278 g/mol. The van der Waals surface area contributed by atoms with Crippen molar-refractivity contribution in [1.29, 1.82) is 0 Å². The van der Waals surface area contributed by atoms with Crippen molar-refractivity contribution < 1.29 is 9.53 Å². The van der Waals surface area contributed by atoms with Crippen LogP contribution in [0.2, 0.25) is 0 Å². The Morgan fingerprint density at radius 2 is 2.05 bits per heavy atom. The summed E-state index contributed by atoms with van der Waals surface area (Å²) in [5.41, 5.74) is 1.17. The third-order valence-electron chi connectivity index (χ3n) is 2.88. The van der Waals surface area contributed by atoms with E-state index in [1.807, 2.05) is 32.0 Å². The number of benzene rings is 1. The predicted octanol–water partition coefficient (Wildman–Crippen LogP) is 2.65. The van der Waals surface area contributed by atoms with E-state index >= 15 is 0 Å². The zero-order valence-corrected chi connectivity index (χ0v) is 12.9. The van der Waals surface area contributed by atoms with Crippen LogP contribution in [0.3, 0.4) is 0 Å². The molecule has 1 unspecified atom stereocenters. The number of carbonyl (C=O) groups is 1. The topological polar surface area (TPSA) is 50.4 Å². The zero-order valence-electron chi connectivity index (χ0n) is 12.9. The zero-order chi connectivity index (χ0) is 15.0. The Balaban J connectivity index is 2.53. The second-order valence-corrected chi connectivity index (χ2v) is 5.26. The molecule has 0 radical (unpaired) electrons. The fourth-order valence-corrected chi connectivity index (χ4v) is 1.86. The Morgan fingerprint density at radius 3 is 2.70 bits per heavy atom. The lowest BCUT2D eigenvalue weighted by Gasteiger charge is -2.15. The van der Waals surface area contributed by atoms with Crippen LogP contribution in [0, 0.1) is 0 Å². The molecule has 0 saturated carbocycles. The highest BCUT2D eigenvalue weighted by Crippen LogP contribution is 2.19. The van der Waals surface area contributed by atoms with Crippen LogP contribution >= 0.6 is 0 Å². The Labute approximate surface area is 121 Å². The molecule has 1 aromatic rings. The lowest BCUT2D eigenvalue weighted by Crippen LogP contribution is -2.34. The summed E-state index contributed by atoms with van der Waals surface area (Å²) in [6.07, 6.45) is 1.11. The number of nitrogens with one attached hydrogen (secondary N) is 2. The smallest absolute Gasteiger partial charge is 0.258 e. The fourth-order valence-electron chi connectivity index (χ4n) is 1.86. The molecule has 112 valence electrons. The van der Waals surface area contributed by atoms with Crippen molar-refractivity contribution in [3.05, 3.63) is 29.8 Å². The molecule has 1 amide bonds. The van der Waals surface area contributed by atoms with Gasteiger partial charge in [0.05, 0.1) is 0 Å². The second kappa shape index (κ2) is 8.59.